The minimum atomic E-state index is 0.613. The molecule has 1 saturated carbocycles. The maximum absolute atomic E-state index is 3.57. The van der Waals surface area contributed by atoms with Crippen LogP contribution in [0.3, 0.4) is 0 Å². The summed E-state index contributed by atoms with van der Waals surface area (Å²) in [6, 6.07) is 4.36. The molecule has 0 saturated heterocycles. The van der Waals surface area contributed by atoms with Crippen LogP contribution in [0, 0.1) is 5.41 Å². The van der Waals surface area contributed by atoms with Gasteiger partial charge in [0.25, 0.3) is 0 Å². The first kappa shape index (κ1) is 10.7. The van der Waals surface area contributed by atoms with Gasteiger partial charge >= 0.3 is 0 Å². The molecule has 2 rings (SSSR count). The van der Waals surface area contributed by atoms with E-state index in [1.807, 2.05) is 0 Å². The number of aromatic nitrogens is 1. The first-order valence-electron chi connectivity index (χ1n) is 6.08. The van der Waals surface area contributed by atoms with E-state index in [0.29, 0.717) is 5.41 Å². The number of hydrogen-bond acceptors (Lipinski definition) is 1. The monoisotopic (exact) mass is 206 g/mol. The largest absolute Gasteiger partial charge is 0.350 e. The molecule has 1 fully saturated rings. The minimum absolute atomic E-state index is 0.613. The number of hydrogen-bond donors (Lipinski definition) is 1. The summed E-state index contributed by atoms with van der Waals surface area (Å²) < 4.78 is 2.35. The van der Waals surface area contributed by atoms with Gasteiger partial charge in [0.1, 0.15) is 0 Å². The van der Waals surface area contributed by atoms with E-state index in [-0.39, 0.29) is 0 Å². The third-order valence-electron chi connectivity index (χ3n) is 3.35. The fourth-order valence-corrected chi connectivity index (χ4v) is 1.95. The molecule has 0 aromatic carbocycles. The summed E-state index contributed by atoms with van der Waals surface area (Å²) >= 11 is 0. The van der Waals surface area contributed by atoms with Crippen LogP contribution in [0.4, 0.5) is 0 Å². The summed E-state index contributed by atoms with van der Waals surface area (Å²) in [6.07, 6.45) is 6.19. The standard InChI is InChI=1S/C13H22N2/c1-3-8-15-9-4-5-12(15)10-14-11-13(2)6-7-13/h4-5,9,14H,3,6-8,10-11H2,1-2H3. The predicted octanol–water partition coefficient (Wildman–Crippen LogP) is 2.79. The molecular weight excluding hydrogens is 184 g/mol. The Hall–Kier alpha value is -0.760. The highest BCUT2D eigenvalue weighted by atomic mass is 15.0. The van der Waals surface area contributed by atoms with Gasteiger partial charge in [-0.3, -0.25) is 0 Å². The van der Waals surface area contributed by atoms with E-state index >= 15 is 0 Å². The van der Waals surface area contributed by atoms with Crippen molar-refractivity contribution in [3.63, 3.8) is 0 Å². The number of nitrogens with one attached hydrogen (secondary N) is 1. The van der Waals surface area contributed by atoms with E-state index < -0.39 is 0 Å². The first-order valence-corrected chi connectivity index (χ1v) is 6.08. The molecule has 0 atom stereocenters. The average Bonchev–Trinajstić information content (AvgIpc) is 2.76. The third kappa shape index (κ3) is 2.85. The molecule has 1 aliphatic rings. The van der Waals surface area contributed by atoms with Crippen LogP contribution in [0.15, 0.2) is 18.3 Å². The molecule has 1 aromatic rings. The van der Waals surface area contributed by atoms with Crippen molar-refractivity contribution in [2.24, 2.45) is 5.41 Å². The van der Waals surface area contributed by atoms with Gasteiger partial charge in [0.05, 0.1) is 0 Å². The van der Waals surface area contributed by atoms with Crippen LogP contribution in [-0.2, 0) is 13.1 Å². The fourth-order valence-electron chi connectivity index (χ4n) is 1.95. The second-order valence-electron chi connectivity index (χ2n) is 5.11. The van der Waals surface area contributed by atoms with Crippen LogP contribution >= 0.6 is 0 Å². The van der Waals surface area contributed by atoms with Crippen LogP contribution in [0.2, 0.25) is 0 Å². The lowest BCUT2D eigenvalue weighted by atomic mass is 10.1. The highest BCUT2D eigenvalue weighted by Crippen LogP contribution is 2.44. The Morgan fingerprint density at radius 3 is 2.93 bits per heavy atom. The number of nitrogens with zero attached hydrogens (tertiary/aromatic N) is 1. The van der Waals surface area contributed by atoms with Crippen LogP contribution in [0.5, 0.6) is 0 Å². The molecule has 2 heteroatoms. The van der Waals surface area contributed by atoms with Crippen LogP contribution < -0.4 is 5.32 Å². The van der Waals surface area contributed by atoms with Gasteiger partial charge in [0.2, 0.25) is 0 Å². The minimum Gasteiger partial charge on any atom is -0.350 e. The Morgan fingerprint density at radius 1 is 1.47 bits per heavy atom. The highest BCUT2D eigenvalue weighted by molar-refractivity contribution is 5.07. The second-order valence-corrected chi connectivity index (χ2v) is 5.11. The van der Waals surface area contributed by atoms with Gasteiger partial charge in [-0.05, 0) is 36.8 Å². The van der Waals surface area contributed by atoms with Gasteiger partial charge in [-0.25, -0.2) is 0 Å². The molecule has 1 heterocycles. The molecular formula is C13H22N2. The summed E-state index contributed by atoms with van der Waals surface area (Å²) in [6.45, 7) is 7.92. The molecule has 0 bridgehead atoms. The molecule has 1 aromatic heterocycles. The van der Waals surface area contributed by atoms with E-state index in [1.165, 1.54) is 31.5 Å². The second kappa shape index (κ2) is 4.40. The third-order valence-corrected chi connectivity index (χ3v) is 3.35. The molecule has 0 aliphatic heterocycles. The zero-order valence-corrected chi connectivity index (χ0v) is 9.92. The summed E-state index contributed by atoms with van der Waals surface area (Å²) in [7, 11) is 0. The molecule has 0 spiro atoms. The van der Waals surface area contributed by atoms with E-state index in [9.17, 15) is 0 Å². The molecule has 15 heavy (non-hydrogen) atoms. The average molecular weight is 206 g/mol. The number of rotatable bonds is 6. The van der Waals surface area contributed by atoms with E-state index in [0.717, 1.165) is 13.1 Å². The molecule has 1 aliphatic carbocycles. The Bertz CT molecular complexity index is 310. The Kier molecular flexibility index (Phi) is 3.15. The van der Waals surface area contributed by atoms with Crippen molar-refractivity contribution >= 4 is 0 Å². The van der Waals surface area contributed by atoms with Gasteiger partial charge in [-0.1, -0.05) is 13.8 Å². The van der Waals surface area contributed by atoms with Gasteiger partial charge < -0.3 is 9.88 Å². The van der Waals surface area contributed by atoms with Crippen molar-refractivity contribution in [1.82, 2.24) is 9.88 Å². The van der Waals surface area contributed by atoms with Gasteiger partial charge in [-0.2, -0.15) is 0 Å². The molecule has 0 unspecified atom stereocenters. The first-order chi connectivity index (χ1) is 7.23. The number of aryl methyl sites for hydroxylation is 1. The van der Waals surface area contributed by atoms with Crippen LogP contribution in [0.25, 0.3) is 0 Å². The van der Waals surface area contributed by atoms with Gasteiger partial charge in [-0.15, -0.1) is 0 Å². The van der Waals surface area contributed by atoms with Gasteiger partial charge in [0, 0.05) is 31.5 Å². The van der Waals surface area contributed by atoms with Crippen molar-refractivity contribution in [2.75, 3.05) is 6.54 Å². The van der Waals surface area contributed by atoms with Gasteiger partial charge in [0.15, 0.2) is 0 Å². The van der Waals surface area contributed by atoms with Crippen molar-refractivity contribution in [3.05, 3.63) is 24.0 Å². The smallest absolute Gasteiger partial charge is 0.0359 e. The molecule has 2 nitrogen and oxygen atoms in total. The van der Waals surface area contributed by atoms with E-state index in [1.54, 1.807) is 0 Å². The Balaban J connectivity index is 1.79. The summed E-state index contributed by atoms with van der Waals surface area (Å²) in [5.41, 5.74) is 2.03. The van der Waals surface area contributed by atoms with E-state index in [4.69, 9.17) is 0 Å². The summed E-state index contributed by atoms with van der Waals surface area (Å²) in [5, 5.41) is 3.57. The quantitative estimate of drug-likeness (QED) is 0.757. The molecule has 84 valence electrons. The van der Waals surface area contributed by atoms with E-state index in [2.05, 4.69) is 42.1 Å². The maximum Gasteiger partial charge on any atom is 0.0359 e. The zero-order valence-electron chi connectivity index (χ0n) is 9.92. The summed E-state index contributed by atoms with van der Waals surface area (Å²) in [4.78, 5) is 0. The lowest BCUT2D eigenvalue weighted by Crippen LogP contribution is -2.22. The highest BCUT2D eigenvalue weighted by Gasteiger charge is 2.36. The lowest BCUT2D eigenvalue weighted by Gasteiger charge is -2.12. The van der Waals surface area contributed by atoms with Crippen molar-refractivity contribution in [2.45, 2.75) is 46.2 Å². The SMILES string of the molecule is CCCn1cccc1CNCC1(C)CC1. The van der Waals surface area contributed by atoms with Crippen molar-refractivity contribution in [3.8, 4) is 0 Å². The normalized spacial score (nSPS) is 18.0. The van der Waals surface area contributed by atoms with Crippen molar-refractivity contribution < 1.29 is 0 Å². The molecule has 0 amide bonds. The topological polar surface area (TPSA) is 17.0 Å². The summed E-state index contributed by atoms with van der Waals surface area (Å²) in [5.74, 6) is 0. The maximum atomic E-state index is 3.57. The Morgan fingerprint density at radius 2 is 2.27 bits per heavy atom. The predicted molar refractivity (Wildman–Crippen MR) is 63.8 cm³/mol. The zero-order chi connectivity index (χ0) is 10.7. The lowest BCUT2D eigenvalue weighted by molar-refractivity contribution is 0.488. The molecule has 0 radical (unpaired) electrons. The fraction of sp³-hybridized carbons (Fsp3) is 0.692. The molecule has 1 N–H and O–H groups in total. The Labute approximate surface area is 92.7 Å². The van der Waals surface area contributed by atoms with Crippen LogP contribution in [-0.4, -0.2) is 11.1 Å². The van der Waals surface area contributed by atoms with Crippen molar-refractivity contribution in [1.29, 1.82) is 0 Å². The van der Waals surface area contributed by atoms with Crippen LogP contribution in [0.1, 0.15) is 38.8 Å².